The Kier molecular flexibility index (Phi) is 6.20. The Morgan fingerprint density at radius 3 is 2.25 bits per heavy atom. The number of nitrogens with zero attached hydrogens (tertiary/aromatic N) is 2. The number of fused-ring (bicyclic) bond motifs is 1. The van der Waals surface area contributed by atoms with Gasteiger partial charge >= 0.3 is 12.4 Å². The molecular weight excluding hydrogens is 490 g/mol. The third kappa shape index (κ3) is 4.26. The molecule has 0 spiro atoms. The van der Waals surface area contributed by atoms with Crippen molar-refractivity contribution < 1.29 is 41.0 Å². The lowest BCUT2D eigenvalue weighted by Gasteiger charge is -2.32. The van der Waals surface area contributed by atoms with Crippen LogP contribution in [0, 0.1) is 13.8 Å². The molecule has 4 rings (SSSR count). The van der Waals surface area contributed by atoms with Crippen molar-refractivity contribution in [2.45, 2.75) is 51.4 Å². The minimum absolute atomic E-state index is 0.0999. The molecular formula is C25H22F6N2O3. The first-order valence-corrected chi connectivity index (χ1v) is 10.8. The second-order valence-electron chi connectivity index (χ2n) is 8.67. The Morgan fingerprint density at radius 2 is 1.64 bits per heavy atom. The van der Waals surface area contributed by atoms with Crippen LogP contribution in [-0.4, -0.2) is 32.1 Å². The van der Waals surface area contributed by atoms with Crippen LogP contribution in [0.1, 0.15) is 41.3 Å². The van der Waals surface area contributed by atoms with E-state index >= 15 is 0 Å². The van der Waals surface area contributed by atoms with Crippen LogP contribution >= 0.6 is 0 Å². The molecule has 4 aromatic rings. The van der Waals surface area contributed by atoms with Crippen molar-refractivity contribution in [3.05, 3.63) is 76.8 Å². The van der Waals surface area contributed by atoms with Gasteiger partial charge in [-0.3, -0.25) is 0 Å². The molecule has 36 heavy (non-hydrogen) atoms. The summed E-state index contributed by atoms with van der Waals surface area (Å²) in [6.07, 6.45) is -12.6. The van der Waals surface area contributed by atoms with Crippen molar-refractivity contribution in [3.8, 4) is 11.5 Å². The molecule has 0 saturated carbocycles. The summed E-state index contributed by atoms with van der Waals surface area (Å²) in [5.74, 6) is 0.788. The van der Waals surface area contributed by atoms with Gasteiger partial charge in [-0.05, 0) is 56.7 Å². The predicted octanol–water partition coefficient (Wildman–Crippen LogP) is 6.33. The van der Waals surface area contributed by atoms with E-state index < -0.39 is 29.6 Å². The number of hydrogen-bond acceptors (Lipinski definition) is 4. The third-order valence-electron chi connectivity index (χ3n) is 6.16. The summed E-state index contributed by atoms with van der Waals surface area (Å²) in [7, 11) is 0. The largest absolute Gasteiger partial charge is 0.441 e. The van der Waals surface area contributed by atoms with Crippen molar-refractivity contribution in [1.29, 1.82) is 0 Å². The van der Waals surface area contributed by atoms with Crippen LogP contribution in [0.25, 0.3) is 22.4 Å². The number of oxazole rings is 1. The normalized spacial score (nSPS) is 14.0. The van der Waals surface area contributed by atoms with Crippen molar-refractivity contribution >= 4 is 10.9 Å². The molecule has 0 radical (unpaired) electrons. The Labute approximate surface area is 201 Å². The molecule has 1 unspecified atom stereocenters. The van der Waals surface area contributed by atoms with Crippen LogP contribution < -0.4 is 0 Å². The number of benzene rings is 2. The molecule has 2 heterocycles. The second kappa shape index (κ2) is 8.67. The minimum Gasteiger partial charge on any atom is -0.441 e. The number of aliphatic hydroxyl groups is 2. The van der Waals surface area contributed by atoms with Crippen LogP contribution in [0.15, 0.2) is 52.9 Å². The summed E-state index contributed by atoms with van der Waals surface area (Å²) in [6, 6.07) is 10.9. The summed E-state index contributed by atoms with van der Waals surface area (Å²) >= 11 is 0. The smallest absolute Gasteiger partial charge is 0.430 e. The molecule has 2 aromatic heterocycles. The number of halogens is 6. The van der Waals surface area contributed by atoms with Gasteiger partial charge in [0, 0.05) is 27.7 Å². The molecule has 2 N–H and O–H groups in total. The van der Waals surface area contributed by atoms with Gasteiger partial charge in [0.05, 0.1) is 12.6 Å². The first-order valence-electron chi connectivity index (χ1n) is 10.8. The van der Waals surface area contributed by atoms with E-state index in [9.17, 15) is 36.6 Å². The van der Waals surface area contributed by atoms with Gasteiger partial charge in [-0.25, -0.2) is 4.98 Å². The minimum atomic E-state index is -5.96. The summed E-state index contributed by atoms with van der Waals surface area (Å²) in [4.78, 5) is 4.52. The van der Waals surface area contributed by atoms with E-state index in [2.05, 4.69) is 4.98 Å². The molecule has 2 aromatic carbocycles. The molecule has 0 fully saturated rings. The fourth-order valence-corrected chi connectivity index (χ4v) is 4.11. The van der Waals surface area contributed by atoms with Crippen molar-refractivity contribution in [1.82, 2.24) is 9.55 Å². The topological polar surface area (TPSA) is 71.4 Å². The zero-order chi connectivity index (χ0) is 26.6. The molecule has 11 heteroatoms. The standard InChI is InChI=1S/C25H22F6N2O3/c1-13-9-18-11-19(23(35,24(26,27)28)25(29,30)31)7-8-21(18)33(13)12-20-15(3)36-22(32-20)17-6-4-5-16(10-17)14(2)34/h4-11,14,34-35H,12H2,1-3H3. The number of rotatable bonds is 5. The van der Waals surface area contributed by atoms with E-state index in [-0.39, 0.29) is 11.9 Å². The monoisotopic (exact) mass is 512 g/mol. The van der Waals surface area contributed by atoms with E-state index in [0.717, 1.165) is 6.07 Å². The van der Waals surface area contributed by atoms with Gasteiger partial charge in [0.2, 0.25) is 5.89 Å². The zero-order valence-electron chi connectivity index (χ0n) is 19.4. The molecule has 0 amide bonds. The Morgan fingerprint density at radius 1 is 0.972 bits per heavy atom. The fourth-order valence-electron chi connectivity index (χ4n) is 4.11. The number of hydrogen-bond donors (Lipinski definition) is 2. The third-order valence-corrected chi connectivity index (χ3v) is 6.16. The number of aromatic nitrogens is 2. The SMILES string of the molecule is Cc1oc(-c2cccc(C(C)O)c2)nc1Cn1c(C)cc2cc(C(O)(C(F)(F)F)C(F)(F)F)ccc21. The number of alkyl halides is 6. The maximum atomic E-state index is 13.3. The first kappa shape index (κ1) is 25.8. The molecule has 0 bridgehead atoms. The highest BCUT2D eigenvalue weighted by Gasteiger charge is 2.71. The maximum absolute atomic E-state index is 13.3. The first-order chi connectivity index (χ1) is 16.6. The van der Waals surface area contributed by atoms with Crippen LogP contribution in [0.4, 0.5) is 26.3 Å². The quantitative estimate of drug-likeness (QED) is 0.307. The van der Waals surface area contributed by atoms with Crippen molar-refractivity contribution in [3.63, 3.8) is 0 Å². The van der Waals surface area contributed by atoms with Gasteiger partial charge in [-0.1, -0.05) is 18.2 Å². The van der Waals surface area contributed by atoms with E-state index in [1.54, 1.807) is 49.6 Å². The number of aliphatic hydroxyl groups excluding tert-OH is 1. The second-order valence-corrected chi connectivity index (χ2v) is 8.67. The van der Waals surface area contributed by atoms with Gasteiger partial charge in [0.25, 0.3) is 5.60 Å². The molecule has 0 aliphatic carbocycles. The average Bonchev–Trinajstić information content (AvgIpc) is 3.30. The molecule has 0 aliphatic heterocycles. The summed E-state index contributed by atoms with van der Waals surface area (Å²) in [5, 5.41) is 19.7. The predicted molar refractivity (Wildman–Crippen MR) is 119 cm³/mol. The van der Waals surface area contributed by atoms with E-state index in [0.29, 0.717) is 51.8 Å². The molecule has 192 valence electrons. The molecule has 0 saturated heterocycles. The van der Waals surface area contributed by atoms with Crippen LogP contribution in [0.3, 0.4) is 0 Å². The highest BCUT2D eigenvalue weighted by molar-refractivity contribution is 5.82. The average molecular weight is 512 g/mol. The highest BCUT2D eigenvalue weighted by Crippen LogP contribution is 2.50. The van der Waals surface area contributed by atoms with Gasteiger partial charge in [0.15, 0.2) is 0 Å². The highest BCUT2D eigenvalue weighted by atomic mass is 19.4. The molecule has 1 atom stereocenters. The molecule has 0 aliphatic rings. The van der Waals surface area contributed by atoms with E-state index in [1.165, 1.54) is 6.07 Å². The van der Waals surface area contributed by atoms with Gasteiger partial charge < -0.3 is 19.2 Å². The van der Waals surface area contributed by atoms with Crippen molar-refractivity contribution in [2.24, 2.45) is 0 Å². The van der Waals surface area contributed by atoms with E-state index in [1.807, 2.05) is 0 Å². The van der Waals surface area contributed by atoms with Crippen LogP contribution in [0.2, 0.25) is 0 Å². The number of aryl methyl sites for hydroxylation is 2. The summed E-state index contributed by atoms with van der Waals surface area (Å²) in [6.45, 7) is 5.11. The van der Waals surface area contributed by atoms with E-state index in [4.69, 9.17) is 4.42 Å². The van der Waals surface area contributed by atoms with Gasteiger partial charge in [0.1, 0.15) is 11.5 Å². The van der Waals surface area contributed by atoms with Crippen LogP contribution in [0.5, 0.6) is 0 Å². The van der Waals surface area contributed by atoms with Crippen molar-refractivity contribution in [2.75, 3.05) is 0 Å². The summed E-state index contributed by atoms with van der Waals surface area (Å²) in [5.41, 5.74) is -3.56. The van der Waals surface area contributed by atoms with Crippen LogP contribution in [-0.2, 0) is 12.1 Å². The Hall–Kier alpha value is -3.31. The Balaban J connectivity index is 1.73. The molecule has 5 nitrogen and oxygen atoms in total. The van der Waals surface area contributed by atoms with Gasteiger partial charge in [-0.15, -0.1) is 0 Å². The summed E-state index contributed by atoms with van der Waals surface area (Å²) < 4.78 is 87.3. The lowest BCUT2D eigenvalue weighted by molar-refractivity contribution is -0.376. The lowest BCUT2D eigenvalue weighted by atomic mass is 9.91. The Bertz CT molecular complexity index is 1400. The maximum Gasteiger partial charge on any atom is 0.430 e. The fraction of sp³-hybridized carbons (Fsp3) is 0.320. The lowest BCUT2D eigenvalue weighted by Crippen LogP contribution is -2.53. The zero-order valence-corrected chi connectivity index (χ0v) is 19.4. The van der Waals surface area contributed by atoms with Gasteiger partial charge in [-0.2, -0.15) is 26.3 Å².